The molecule has 1 fully saturated rings. The molecule has 2 aromatic rings. The minimum atomic E-state index is -0.589. The second-order valence-corrected chi connectivity index (χ2v) is 7.53. The van der Waals surface area contributed by atoms with Crippen LogP contribution in [0.4, 0.5) is 15.8 Å². The zero-order valence-electron chi connectivity index (χ0n) is 17.0. The van der Waals surface area contributed by atoms with Crippen LogP contribution in [0.2, 0.25) is 0 Å². The highest BCUT2D eigenvalue weighted by atomic mass is 19.1. The second kappa shape index (κ2) is 9.08. The van der Waals surface area contributed by atoms with Crippen LogP contribution in [0.3, 0.4) is 0 Å². The van der Waals surface area contributed by atoms with Gasteiger partial charge in [-0.15, -0.1) is 0 Å². The Balaban J connectivity index is 1.59. The number of carbonyl (C=O) groups excluding carboxylic acids is 1. The third-order valence-corrected chi connectivity index (χ3v) is 5.33. The number of nitrogens with two attached hydrogens (primary N) is 1. The van der Waals surface area contributed by atoms with E-state index in [1.807, 2.05) is 13.8 Å². The molecule has 0 unspecified atom stereocenters. The highest BCUT2D eigenvalue weighted by Crippen LogP contribution is 2.31. The minimum Gasteiger partial charge on any atom is -0.481 e. The molecule has 1 heterocycles. The average molecular weight is 416 g/mol. The number of carbonyl (C=O) groups is 1. The number of nitrogens with zero attached hydrogens (tertiary/aromatic N) is 3. The molecule has 9 heteroatoms. The number of ether oxygens (including phenoxy) is 1. The number of nitro groups is 1. The normalized spacial score (nSPS) is 19.5. The first-order valence-corrected chi connectivity index (χ1v) is 9.70. The lowest BCUT2D eigenvalue weighted by atomic mass is 10.1. The fraction of sp³-hybridized carbons (Fsp3) is 0.381. The van der Waals surface area contributed by atoms with Crippen molar-refractivity contribution < 1.29 is 18.8 Å². The molecule has 1 aliphatic heterocycles. The quantitative estimate of drug-likeness (QED) is 0.441. The van der Waals surface area contributed by atoms with Gasteiger partial charge in [-0.25, -0.2) is 4.39 Å². The molecule has 0 aliphatic carbocycles. The molecule has 1 aliphatic rings. The number of rotatable bonds is 6. The second-order valence-electron chi connectivity index (χ2n) is 7.53. The van der Waals surface area contributed by atoms with Gasteiger partial charge in [0.25, 0.3) is 11.6 Å². The lowest BCUT2D eigenvalue weighted by Gasteiger charge is -2.44. The van der Waals surface area contributed by atoms with Gasteiger partial charge in [0.2, 0.25) is 0 Å². The minimum absolute atomic E-state index is 0.0415. The van der Waals surface area contributed by atoms with Crippen molar-refractivity contribution >= 4 is 17.3 Å². The summed E-state index contributed by atoms with van der Waals surface area (Å²) in [6.07, 6.45) is 0. The summed E-state index contributed by atoms with van der Waals surface area (Å²) in [6.45, 7) is 5.62. The van der Waals surface area contributed by atoms with E-state index in [2.05, 4.69) is 4.90 Å². The van der Waals surface area contributed by atoms with Crippen LogP contribution in [0, 0.1) is 15.9 Å². The molecule has 1 amide bonds. The fourth-order valence-electron chi connectivity index (χ4n) is 3.63. The number of hydrogen-bond acceptors (Lipinski definition) is 6. The Kier molecular flexibility index (Phi) is 6.51. The Bertz CT molecular complexity index is 922. The van der Waals surface area contributed by atoms with E-state index in [4.69, 9.17) is 10.5 Å². The van der Waals surface area contributed by atoms with Crippen molar-refractivity contribution in [3.8, 4) is 5.75 Å². The number of halogens is 1. The number of benzene rings is 2. The van der Waals surface area contributed by atoms with Crippen molar-refractivity contribution in [3.05, 3.63) is 64.0 Å². The highest BCUT2D eigenvalue weighted by Gasteiger charge is 2.32. The maximum Gasteiger partial charge on any atom is 0.295 e. The largest absolute Gasteiger partial charge is 0.481 e. The van der Waals surface area contributed by atoms with Crippen LogP contribution >= 0.6 is 0 Å². The van der Waals surface area contributed by atoms with Gasteiger partial charge in [-0.1, -0.05) is 18.2 Å². The monoisotopic (exact) mass is 416 g/mol. The molecule has 2 atom stereocenters. The lowest BCUT2D eigenvalue weighted by Crippen LogP contribution is -2.58. The van der Waals surface area contributed by atoms with Gasteiger partial charge >= 0.3 is 0 Å². The zero-order chi connectivity index (χ0) is 21.8. The first-order chi connectivity index (χ1) is 14.3. The summed E-state index contributed by atoms with van der Waals surface area (Å²) in [5.41, 5.74) is 6.44. The SMILES string of the molecule is C[C@@H]1CN(Cc2ccc(F)cc2)[C@@H](C)CN1C(=O)COc1cccc([N+](=O)[O-])c1N. The molecule has 160 valence electrons. The van der Waals surface area contributed by atoms with Gasteiger partial charge in [0.15, 0.2) is 12.3 Å². The van der Waals surface area contributed by atoms with Gasteiger partial charge in [-0.05, 0) is 37.6 Å². The van der Waals surface area contributed by atoms with E-state index >= 15 is 0 Å². The van der Waals surface area contributed by atoms with E-state index < -0.39 is 4.92 Å². The van der Waals surface area contributed by atoms with Crippen LogP contribution < -0.4 is 10.5 Å². The van der Waals surface area contributed by atoms with Crippen LogP contribution in [-0.2, 0) is 11.3 Å². The number of anilines is 1. The van der Waals surface area contributed by atoms with E-state index in [-0.39, 0.29) is 47.5 Å². The Morgan fingerprint density at radius 3 is 2.57 bits per heavy atom. The van der Waals surface area contributed by atoms with Crippen molar-refractivity contribution in [1.29, 1.82) is 0 Å². The third-order valence-electron chi connectivity index (χ3n) is 5.33. The van der Waals surface area contributed by atoms with E-state index in [0.717, 1.165) is 5.56 Å². The summed E-state index contributed by atoms with van der Waals surface area (Å²) in [4.78, 5) is 27.1. The summed E-state index contributed by atoms with van der Waals surface area (Å²) < 4.78 is 18.6. The molecule has 0 aromatic heterocycles. The Labute approximate surface area is 174 Å². The number of nitrogen functional groups attached to an aromatic ring is 1. The summed E-state index contributed by atoms with van der Waals surface area (Å²) >= 11 is 0. The lowest BCUT2D eigenvalue weighted by molar-refractivity contribution is -0.384. The van der Waals surface area contributed by atoms with Crippen molar-refractivity contribution in [2.45, 2.75) is 32.5 Å². The number of nitro benzene ring substituents is 1. The molecule has 0 spiro atoms. The summed E-state index contributed by atoms with van der Waals surface area (Å²) in [7, 11) is 0. The van der Waals surface area contributed by atoms with E-state index in [1.165, 1.54) is 30.3 Å². The van der Waals surface area contributed by atoms with Crippen LogP contribution in [-0.4, -0.2) is 52.4 Å². The molecular weight excluding hydrogens is 391 g/mol. The Hall–Kier alpha value is -3.20. The molecule has 8 nitrogen and oxygen atoms in total. The standard InChI is InChI=1S/C21H25FN4O4/c1-14-11-25(15(2)10-24(14)12-16-6-8-17(22)9-7-16)20(27)13-30-19-5-3-4-18(21(19)23)26(28)29/h3-9,14-15H,10-13,23H2,1-2H3/t14-,15+/m0/s1. The molecular formula is C21H25FN4O4. The van der Waals surface area contributed by atoms with Crippen LogP contribution in [0.15, 0.2) is 42.5 Å². The molecule has 30 heavy (non-hydrogen) atoms. The molecule has 2 N–H and O–H groups in total. The van der Waals surface area contributed by atoms with Gasteiger partial charge in [0.05, 0.1) is 4.92 Å². The highest BCUT2D eigenvalue weighted by molar-refractivity contribution is 5.79. The number of hydrogen-bond donors (Lipinski definition) is 1. The topological polar surface area (TPSA) is 102 Å². The van der Waals surface area contributed by atoms with Gasteiger partial charge in [-0.3, -0.25) is 19.8 Å². The zero-order valence-corrected chi connectivity index (χ0v) is 17.0. The molecule has 0 bridgehead atoms. The van der Waals surface area contributed by atoms with Gasteiger partial charge in [0.1, 0.15) is 11.6 Å². The maximum absolute atomic E-state index is 13.1. The number of piperazine rings is 1. The Morgan fingerprint density at radius 2 is 1.90 bits per heavy atom. The van der Waals surface area contributed by atoms with Crippen LogP contribution in [0.25, 0.3) is 0 Å². The van der Waals surface area contributed by atoms with E-state index in [1.54, 1.807) is 17.0 Å². The molecule has 1 saturated heterocycles. The van der Waals surface area contributed by atoms with E-state index in [9.17, 15) is 19.3 Å². The molecule has 2 aromatic carbocycles. The molecule has 3 rings (SSSR count). The van der Waals surface area contributed by atoms with Crippen LogP contribution in [0.5, 0.6) is 5.75 Å². The van der Waals surface area contributed by atoms with Crippen molar-refractivity contribution in [3.63, 3.8) is 0 Å². The van der Waals surface area contributed by atoms with Crippen molar-refractivity contribution in [1.82, 2.24) is 9.80 Å². The molecule has 0 saturated carbocycles. The number of amides is 1. The van der Waals surface area contributed by atoms with Gasteiger partial charge < -0.3 is 15.4 Å². The van der Waals surface area contributed by atoms with E-state index in [0.29, 0.717) is 19.6 Å². The first kappa shape index (κ1) is 21.5. The fourth-order valence-corrected chi connectivity index (χ4v) is 3.63. The Morgan fingerprint density at radius 1 is 1.20 bits per heavy atom. The summed E-state index contributed by atoms with van der Waals surface area (Å²) in [5, 5.41) is 11.0. The van der Waals surface area contributed by atoms with Crippen molar-refractivity contribution in [2.75, 3.05) is 25.4 Å². The van der Waals surface area contributed by atoms with Crippen LogP contribution in [0.1, 0.15) is 19.4 Å². The summed E-state index contributed by atoms with van der Waals surface area (Å²) in [5.74, 6) is -0.352. The predicted octanol–water partition coefficient (Wildman–Crippen LogP) is 2.82. The average Bonchev–Trinajstić information content (AvgIpc) is 2.71. The summed E-state index contributed by atoms with van der Waals surface area (Å²) in [6, 6.07) is 10.7. The number of para-hydroxylation sites is 1. The van der Waals surface area contributed by atoms with Crippen molar-refractivity contribution in [2.24, 2.45) is 0 Å². The maximum atomic E-state index is 13.1. The first-order valence-electron chi connectivity index (χ1n) is 9.70. The van der Waals surface area contributed by atoms with Gasteiger partial charge in [-0.2, -0.15) is 0 Å². The predicted molar refractivity (Wildman–Crippen MR) is 110 cm³/mol. The third kappa shape index (κ3) is 4.85. The molecule has 0 radical (unpaired) electrons. The smallest absolute Gasteiger partial charge is 0.295 e. The van der Waals surface area contributed by atoms with Gasteiger partial charge in [0, 0.05) is 37.8 Å².